The van der Waals surface area contributed by atoms with E-state index in [-0.39, 0.29) is 5.91 Å². The molecule has 0 atom stereocenters. The Morgan fingerprint density at radius 1 is 1.17 bits per heavy atom. The first-order valence-corrected chi connectivity index (χ1v) is 9.61. The zero-order valence-electron chi connectivity index (χ0n) is 12.1. The molecule has 0 aromatic heterocycles. The maximum Gasteiger partial charge on any atom is 0.251 e. The molecule has 2 aromatic carbocycles. The first-order chi connectivity index (χ1) is 10.7. The average Bonchev–Trinajstić information content (AvgIpc) is 2.45. The summed E-state index contributed by atoms with van der Waals surface area (Å²) in [6, 6.07) is 11.6. The van der Waals surface area contributed by atoms with Gasteiger partial charge in [-0.1, -0.05) is 33.6 Å². The van der Waals surface area contributed by atoms with Crippen LogP contribution < -0.4 is 10.0 Å². The molecule has 5 nitrogen and oxygen atoms in total. The quantitative estimate of drug-likeness (QED) is 0.783. The Hall–Kier alpha value is -1.57. The van der Waals surface area contributed by atoms with Gasteiger partial charge in [-0.2, -0.15) is 0 Å². The van der Waals surface area contributed by atoms with Gasteiger partial charge in [0.05, 0.1) is 6.26 Å². The number of halogens is 2. The van der Waals surface area contributed by atoms with Crippen LogP contribution in [0.1, 0.15) is 15.9 Å². The topological polar surface area (TPSA) is 75.3 Å². The standard InChI is InChI=1S/C15H14BrClN2O3S/c1-23(21,22)19-13-6-3-10(4-7-13)15(20)18-9-11-2-5-12(16)8-14(11)17/h2-8,19H,9H2,1H3,(H,18,20). The summed E-state index contributed by atoms with van der Waals surface area (Å²) < 4.78 is 25.5. The lowest BCUT2D eigenvalue weighted by molar-refractivity contribution is 0.0951. The van der Waals surface area contributed by atoms with Crippen molar-refractivity contribution >= 4 is 49.1 Å². The third-order valence-electron chi connectivity index (χ3n) is 2.90. The fourth-order valence-corrected chi connectivity index (χ4v) is 3.15. The summed E-state index contributed by atoms with van der Waals surface area (Å²) in [5.41, 5.74) is 1.64. The van der Waals surface area contributed by atoms with E-state index in [2.05, 4.69) is 26.0 Å². The van der Waals surface area contributed by atoms with Gasteiger partial charge in [0, 0.05) is 27.3 Å². The number of carbonyl (C=O) groups is 1. The Balaban J connectivity index is 2.00. The van der Waals surface area contributed by atoms with Crippen LogP contribution in [0.3, 0.4) is 0 Å². The number of rotatable bonds is 5. The summed E-state index contributed by atoms with van der Waals surface area (Å²) in [6.45, 7) is 0.300. The molecule has 122 valence electrons. The van der Waals surface area contributed by atoms with E-state index in [0.717, 1.165) is 16.3 Å². The average molecular weight is 418 g/mol. The van der Waals surface area contributed by atoms with E-state index in [1.165, 1.54) is 12.1 Å². The van der Waals surface area contributed by atoms with Crippen molar-refractivity contribution in [3.05, 3.63) is 63.1 Å². The monoisotopic (exact) mass is 416 g/mol. The number of hydrogen-bond donors (Lipinski definition) is 2. The van der Waals surface area contributed by atoms with Crippen LogP contribution in [-0.4, -0.2) is 20.6 Å². The highest BCUT2D eigenvalue weighted by molar-refractivity contribution is 9.10. The molecule has 0 radical (unpaired) electrons. The van der Waals surface area contributed by atoms with Crippen LogP contribution >= 0.6 is 27.5 Å². The van der Waals surface area contributed by atoms with Gasteiger partial charge in [0.25, 0.3) is 5.91 Å². The number of hydrogen-bond acceptors (Lipinski definition) is 3. The molecule has 0 aliphatic carbocycles. The lowest BCUT2D eigenvalue weighted by Crippen LogP contribution is -2.23. The van der Waals surface area contributed by atoms with Gasteiger partial charge in [-0.3, -0.25) is 9.52 Å². The van der Waals surface area contributed by atoms with Crippen LogP contribution in [0.4, 0.5) is 5.69 Å². The van der Waals surface area contributed by atoms with Gasteiger partial charge in [0.1, 0.15) is 0 Å². The number of carbonyl (C=O) groups excluding carboxylic acids is 1. The van der Waals surface area contributed by atoms with Gasteiger partial charge < -0.3 is 5.32 Å². The third kappa shape index (κ3) is 5.53. The second-order valence-corrected chi connectivity index (χ2v) is 7.94. The molecule has 0 aliphatic rings. The van der Waals surface area contributed by atoms with Crippen LogP contribution in [0, 0.1) is 0 Å². The van der Waals surface area contributed by atoms with Crippen molar-refractivity contribution in [1.29, 1.82) is 0 Å². The van der Waals surface area contributed by atoms with E-state index < -0.39 is 10.0 Å². The lowest BCUT2D eigenvalue weighted by atomic mass is 10.2. The van der Waals surface area contributed by atoms with Crippen LogP contribution in [0.25, 0.3) is 0 Å². The predicted octanol–water partition coefficient (Wildman–Crippen LogP) is 3.40. The number of benzene rings is 2. The van der Waals surface area contributed by atoms with Crippen LogP contribution in [0.2, 0.25) is 5.02 Å². The van der Waals surface area contributed by atoms with Crippen molar-refractivity contribution < 1.29 is 13.2 Å². The molecule has 0 fully saturated rings. The molecule has 2 N–H and O–H groups in total. The van der Waals surface area contributed by atoms with Crippen molar-refractivity contribution in [2.24, 2.45) is 0 Å². The Kier molecular flexibility index (Phi) is 5.67. The Morgan fingerprint density at radius 3 is 2.39 bits per heavy atom. The molecule has 2 rings (SSSR count). The Morgan fingerprint density at radius 2 is 1.83 bits per heavy atom. The number of amides is 1. The van der Waals surface area contributed by atoms with E-state index in [1.54, 1.807) is 18.2 Å². The molecule has 0 unspecified atom stereocenters. The summed E-state index contributed by atoms with van der Waals surface area (Å²) >= 11 is 9.41. The highest BCUT2D eigenvalue weighted by atomic mass is 79.9. The summed E-state index contributed by atoms with van der Waals surface area (Å²) in [6.07, 6.45) is 1.07. The lowest BCUT2D eigenvalue weighted by Gasteiger charge is -2.08. The first kappa shape index (κ1) is 17.8. The third-order valence-corrected chi connectivity index (χ3v) is 4.36. The smallest absolute Gasteiger partial charge is 0.251 e. The van der Waals surface area contributed by atoms with Gasteiger partial charge in [-0.25, -0.2) is 8.42 Å². The minimum Gasteiger partial charge on any atom is -0.348 e. The maximum atomic E-state index is 12.1. The zero-order chi connectivity index (χ0) is 17.0. The molecule has 8 heteroatoms. The molecule has 0 bridgehead atoms. The molecule has 23 heavy (non-hydrogen) atoms. The minimum absolute atomic E-state index is 0.269. The number of nitrogens with one attached hydrogen (secondary N) is 2. The van der Waals surface area contributed by atoms with Gasteiger partial charge in [0.15, 0.2) is 0 Å². The van der Waals surface area contributed by atoms with Crippen molar-refractivity contribution in [1.82, 2.24) is 5.32 Å². The van der Waals surface area contributed by atoms with Crippen LogP contribution in [0.15, 0.2) is 46.9 Å². The molecule has 1 amide bonds. The number of anilines is 1. The fraction of sp³-hybridized carbons (Fsp3) is 0.133. The molecular weight excluding hydrogens is 404 g/mol. The van der Waals surface area contributed by atoms with Crippen LogP contribution in [0.5, 0.6) is 0 Å². The van der Waals surface area contributed by atoms with Crippen molar-refractivity contribution in [3.8, 4) is 0 Å². The van der Waals surface area contributed by atoms with Gasteiger partial charge >= 0.3 is 0 Å². The van der Waals surface area contributed by atoms with E-state index in [4.69, 9.17) is 11.6 Å². The zero-order valence-corrected chi connectivity index (χ0v) is 15.3. The normalized spacial score (nSPS) is 11.1. The second-order valence-electron chi connectivity index (χ2n) is 4.87. The maximum absolute atomic E-state index is 12.1. The van der Waals surface area contributed by atoms with E-state index >= 15 is 0 Å². The van der Waals surface area contributed by atoms with E-state index in [9.17, 15) is 13.2 Å². The number of sulfonamides is 1. The van der Waals surface area contributed by atoms with Gasteiger partial charge in [0.2, 0.25) is 10.0 Å². The van der Waals surface area contributed by atoms with Crippen LogP contribution in [-0.2, 0) is 16.6 Å². The minimum atomic E-state index is -3.33. The fourth-order valence-electron chi connectivity index (χ4n) is 1.85. The molecule has 2 aromatic rings. The Labute approximate surface area is 148 Å². The van der Waals surface area contributed by atoms with Gasteiger partial charge in [-0.15, -0.1) is 0 Å². The van der Waals surface area contributed by atoms with E-state index in [0.29, 0.717) is 22.8 Å². The molecule has 0 spiro atoms. The highest BCUT2D eigenvalue weighted by Gasteiger charge is 2.08. The van der Waals surface area contributed by atoms with E-state index in [1.807, 2.05) is 12.1 Å². The molecule has 0 aliphatic heterocycles. The summed E-state index contributed by atoms with van der Waals surface area (Å²) in [7, 11) is -3.33. The largest absolute Gasteiger partial charge is 0.348 e. The predicted molar refractivity (Wildman–Crippen MR) is 95.2 cm³/mol. The highest BCUT2D eigenvalue weighted by Crippen LogP contribution is 2.21. The molecule has 0 saturated heterocycles. The second kappa shape index (κ2) is 7.33. The van der Waals surface area contributed by atoms with Crippen molar-refractivity contribution in [3.63, 3.8) is 0 Å². The summed E-state index contributed by atoms with van der Waals surface area (Å²) in [4.78, 5) is 12.1. The molecular formula is C15H14BrClN2O3S. The van der Waals surface area contributed by atoms with Gasteiger partial charge in [-0.05, 0) is 42.0 Å². The molecule has 0 heterocycles. The van der Waals surface area contributed by atoms with Crippen molar-refractivity contribution in [2.75, 3.05) is 11.0 Å². The summed E-state index contributed by atoms with van der Waals surface area (Å²) in [5, 5.41) is 3.33. The van der Waals surface area contributed by atoms with Crippen molar-refractivity contribution in [2.45, 2.75) is 6.54 Å². The summed E-state index contributed by atoms with van der Waals surface area (Å²) in [5.74, 6) is -0.269. The first-order valence-electron chi connectivity index (χ1n) is 6.54. The SMILES string of the molecule is CS(=O)(=O)Nc1ccc(C(=O)NCc2ccc(Br)cc2Cl)cc1. The Bertz CT molecular complexity index is 823. The molecule has 0 saturated carbocycles.